The van der Waals surface area contributed by atoms with Crippen LogP contribution in [-0.2, 0) is 0 Å². The minimum Gasteiger partial charge on any atom is -0.351 e. The predicted octanol–water partition coefficient (Wildman–Crippen LogP) is 1.17. The van der Waals surface area contributed by atoms with E-state index in [0.29, 0.717) is 0 Å². The van der Waals surface area contributed by atoms with E-state index in [1.165, 1.54) is 32.4 Å². The van der Waals surface area contributed by atoms with Crippen LogP contribution in [0.25, 0.3) is 0 Å². The number of rotatable bonds is 0. The van der Waals surface area contributed by atoms with Crippen LogP contribution in [0.1, 0.15) is 19.3 Å². The van der Waals surface area contributed by atoms with Gasteiger partial charge in [0.25, 0.3) is 0 Å². The van der Waals surface area contributed by atoms with Gasteiger partial charge in [-0.3, -0.25) is 0 Å². The molecule has 2 heterocycles. The number of nitrogens with one attached hydrogen (secondary N) is 2. The Balaban J connectivity index is 0.000000112. The first-order chi connectivity index (χ1) is 5.50. The van der Waals surface area contributed by atoms with Gasteiger partial charge in [0.05, 0.1) is 6.33 Å². The van der Waals surface area contributed by atoms with E-state index < -0.39 is 0 Å². The zero-order chi connectivity index (χ0) is 7.78. The first-order valence-electron chi connectivity index (χ1n) is 4.13. The second-order valence-corrected chi connectivity index (χ2v) is 2.57. The average Bonchev–Trinajstić information content (AvgIpc) is 2.64. The summed E-state index contributed by atoms with van der Waals surface area (Å²) in [5.74, 6) is 0. The lowest BCUT2D eigenvalue weighted by molar-refractivity contribution is 0.520. The molecule has 0 atom stereocenters. The summed E-state index contributed by atoms with van der Waals surface area (Å²) in [5, 5.41) is 3.28. The van der Waals surface area contributed by atoms with Crippen LogP contribution in [0.2, 0.25) is 0 Å². The Kier molecular flexibility index (Phi) is 4.45. The van der Waals surface area contributed by atoms with Gasteiger partial charge in [-0.05, 0) is 25.9 Å². The van der Waals surface area contributed by atoms with E-state index in [9.17, 15) is 0 Å². The van der Waals surface area contributed by atoms with Crippen molar-refractivity contribution in [3.8, 4) is 0 Å². The van der Waals surface area contributed by atoms with Crippen LogP contribution >= 0.6 is 0 Å². The van der Waals surface area contributed by atoms with Crippen LogP contribution in [-0.4, -0.2) is 23.1 Å². The highest BCUT2D eigenvalue weighted by molar-refractivity contribution is 4.64. The monoisotopic (exact) mass is 153 g/mol. The van der Waals surface area contributed by atoms with E-state index in [2.05, 4.69) is 15.3 Å². The first-order valence-corrected chi connectivity index (χ1v) is 4.13. The molecule has 1 aromatic heterocycles. The highest BCUT2D eigenvalue weighted by Crippen LogP contribution is 1.96. The van der Waals surface area contributed by atoms with Gasteiger partial charge in [0.15, 0.2) is 0 Å². The molecule has 0 aromatic carbocycles. The number of piperidine rings is 1. The molecule has 0 spiro atoms. The van der Waals surface area contributed by atoms with Gasteiger partial charge in [-0.1, -0.05) is 6.42 Å². The van der Waals surface area contributed by atoms with Crippen molar-refractivity contribution < 1.29 is 0 Å². The Morgan fingerprint density at radius 2 is 1.91 bits per heavy atom. The number of aromatic nitrogens is 2. The summed E-state index contributed by atoms with van der Waals surface area (Å²) in [6, 6.07) is 0. The van der Waals surface area contributed by atoms with Crippen molar-refractivity contribution in [2.24, 2.45) is 0 Å². The molecule has 1 aromatic rings. The Labute approximate surface area is 67.2 Å². The van der Waals surface area contributed by atoms with Crippen molar-refractivity contribution in [3.63, 3.8) is 0 Å². The number of aromatic amines is 1. The molecule has 1 aliphatic rings. The fourth-order valence-corrected chi connectivity index (χ4v) is 1.02. The van der Waals surface area contributed by atoms with Crippen LogP contribution in [0, 0.1) is 0 Å². The second-order valence-electron chi connectivity index (χ2n) is 2.57. The van der Waals surface area contributed by atoms with Crippen molar-refractivity contribution in [1.82, 2.24) is 15.3 Å². The van der Waals surface area contributed by atoms with Crippen LogP contribution in [0.3, 0.4) is 0 Å². The van der Waals surface area contributed by atoms with Gasteiger partial charge in [-0.25, -0.2) is 4.98 Å². The fourth-order valence-electron chi connectivity index (χ4n) is 1.02. The molecule has 2 rings (SSSR count). The Bertz CT molecular complexity index is 116. The standard InChI is InChI=1S/C5H11N.C3H4N2/c1-2-4-6-5-3-1;1-2-5-3-4-1/h6H,1-5H2;1-3H,(H,4,5). The van der Waals surface area contributed by atoms with E-state index in [-0.39, 0.29) is 0 Å². The summed E-state index contributed by atoms with van der Waals surface area (Å²) < 4.78 is 0. The molecule has 2 N–H and O–H groups in total. The topological polar surface area (TPSA) is 40.7 Å². The Morgan fingerprint density at radius 3 is 2.09 bits per heavy atom. The highest BCUT2D eigenvalue weighted by atomic mass is 14.9. The smallest absolute Gasteiger partial charge is 0.0919 e. The van der Waals surface area contributed by atoms with Crippen molar-refractivity contribution >= 4 is 0 Å². The van der Waals surface area contributed by atoms with Crippen molar-refractivity contribution in [2.75, 3.05) is 13.1 Å². The maximum atomic E-state index is 3.67. The number of hydrogen-bond acceptors (Lipinski definition) is 2. The molecule has 0 saturated carbocycles. The summed E-state index contributed by atoms with van der Waals surface area (Å²) in [4.78, 5) is 6.42. The maximum absolute atomic E-state index is 3.67. The molecule has 0 radical (unpaired) electrons. The molecule has 0 aliphatic carbocycles. The van der Waals surface area contributed by atoms with E-state index in [0.717, 1.165) is 0 Å². The third-order valence-corrected chi connectivity index (χ3v) is 1.61. The molecular weight excluding hydrogens is 138 g/mol. The molecule has 3 nitrogen and oxygen atoms in total. The average molecular weight is 153 g/mol. The van der Waals surface area contributed by atoms with Gasteiger partial charge in [-0.15, -0.1) is 0 Å². The van der Waals surface area contributed by atoms with Gasteiger partial charge >= 0.3 is 0 Å². The maximum Gasteiger partial charge on any atom is 0.0919 e. The first kappa shape index (κ1) is 8.27. The summed E-state index contributed by atoms with van der Waals surface area (Å²) in [6.07, 6.45) is 9.30. The van der Waals surface area contributed by atoms with Crippen molar-refractivity contribution in [3.05, 3.63) is 18.7 Å². The molecule has 0 unspecified atom stereocenters. The molecule has 62 valence electrons. The van der Waals surface area contributed by atoms with Gasteiger partial charge in [0.1, 0.15) is 0 Å². The third-order valence-electron chi connectivity index (χ3n) is 1.61. The number of H-pyrrole nitrogens is 1. The molecule has 0 amide bonds. The van der Waals surface area contributed by atoms with Gasteiger partial charge in [0.2, 0.25) is 0 Å². The SMILES string of the molecule is C1CCNCC1.c1c[nH]cn1. The van der Waals surface area contributed by atoms with Crippen LogP contribution in [0.5, 0.6) is 0 Å². The van der Waals surface area contributed by atoms with Crippen LogP contribution in [0.15, 0.2) is 18.7 Å². The minimum absolute atomic E-state index is 1.25. The normalized spacial score (nSPS) is 16.7. The molecule has 11 heavy (non-hydrogen) atoms. The lowest BCUT2D eigenvalue weighted by Crippen LogP contribution is -2.21. The minimum atomic E-state index is 1.25. The van der Waals surface area contributed by atoms with E-state index >= 15 is 0 Å². The quantitative estimate of drug-likeness (QED) is 0.587. The van der Waals surface area contributed by atoms with Gasteiger partial charge in [-0.2, -0.15) is 0 Å². The van der Waals surface area contributed by atoms with Crippen molar-refractivity contribution in [1.29, 1.82) is 0 Å². The molecule has 1 saturated heterocycles. The summed E-state index contributed by atoms with van der Waals surface area (Å²) in [6.45, 7) is 2.50. The molecular formula is C8H15N3. The number of nitrogens with zero attached hydrogens (tertiary/aromatic N) is 1. The van der Waals surface area contributed by atoms with Crippen LogP contribution in [0.4, 0.5) is 0 Å². The van der Waals surface area contributed by atoms with E-state index in [1.54, 1.807) is 18.7 Å². The summed E-state index contributed by atoms with van der Waals surface area (Å²) in [5.41, 5.74) is 0. The Morgan fingerprint density at radius 1 is 1.09 bits per heavy atom. The number of hydrogen-bond donors (Lipinski definition) is 2. The largest absolute Gasteiger partial charge is 0.351 e. The Hall–Kier alpha value is -0.830. The number of imidazole rings is 1. The highest BCUT2D eigenvalue weighted by Gasteiger charge is 1.93. The van der Waals surface area contributed by atoms with E-state index in [1.807, 2.05) is 0 Å². The zero-order valence-electron chi connectivity index (χ0n) is 6.71. The van der Waals surface area contributed by atoms with Crippen LogP contribution < -0.4 is 5.32 Å². The molecule has 3 heteroatoms. The van der Waals surface area contributed by atoms with Gasteiger partial charge in [0, 0.05) is 12.4 Å². The van der Waals surface area contributed by atoms with Crippen molar-refractivity contribution in [2.45, 2.75) is 19.3 Å². The summed E-state index contributed by atoms with van der Waals surface area (Å²) in [7, 11) is 0. The zero-order valence-corrected chi connectivity index (χ0v) is 6.71. The van der Waals surface area contributed by atoms with Gasteiger partial charge < -0.3 is 10.3 Å². The lowest BCUT2D eigenvalue weighted by atomic mass is 10.2. The third kappa shape index (κ3) is 4.56. The second kappa shape index (κ2) is 5.92. The fraction of sp³-hybridized carbons (Fsp3) is 0.625. The molecule has 1 fully saturated rings. The summed E-state index contributed by atoms with van der Waals surface area (Å²) >= 11 is 0. The molecule has 0 bridgehead atoms. The predicted molar refractivity (Wildman–Crippen MR) is 45.3 cm³/mol. The van der Waals surface area contributed by atoms with E-state index in [4.69, 9.17) is 0 Å². The lowest BCUT2D eigenvalue weighted by Gasteiger charge is -2.08. The molecule has 1 aliphatic heterocycles.